The lowest BCUT2D eigenvalue weighted by molar-refractivity contribution is -0.302. The maximum Gasteiger partial charge on any atom is 0.184 e. The van der Waals surface area contributed by atoms with Crippen LogP contribution in [0.2, 0.25) is 0 Å². The molecule has 2 saturated heterocycles. The molecule has 0 amide bonds. The van der Waals surface area contributed by atoms with Gasteiger partial charge in [-0.05, 0) is 117 Å². The molecule has 0 aromatic rings. The van der Waals surface area contributed by atoms with Crippen LogP contribution in [0.3, 0.4) is 0 Å². The fourth-order valence-corrected chi connectivity index (χ4v) is 14.8. The highest BCUT2D eigenvalue weighted by Gasteiger charge is 2.85. The van der Waals surface area contributed by atoms with Crippen LogP contribution in [0.1, 0.15) is 106 Å². The first-order valence-electron chi connectivity index (χ1n) is 19.8. The van der Waals surface area contributed by atoms with Gasteiger partial charge in [-0.25, -0.2) is 0 Å². The van der Waals surface area contributed by atoms with Crippen LogP contribution in [0.25, 0.3) is 0 Å². The number of rotatable bonds is 10. The predicted octanol–water partition coefficient (Wildman–Crippen LogP) is 6.01. The second kappa shape index (κ2) is 12.6. The molecule has 2 aliphatic heterocycles. The molecule has 288 valence electrons. The first-order chi connectivity index (χ1) is 23.5. The number of hydrogen-bond acceptors (Lipinski definition) is 9. The number of hydrogen-bond donors (Lipinski definition) is 2. The second-order valence-electron chi connectivity index (χ2n) is 19.8. The summed E-state index contributed by atoms with van der Waals surface area (Å²) in [6, 6.07) is 0. The van der Waals surface area contributed by atoms with Gasteiger partial charge in [0.2, 0.25) is 0 Å². The SMILES string of the molecule is CO[C@H]1C[C@@]2(C)[C@@H]3C[C@H](OC)[C@H]4C(C)(C)[C@@H](OC5OC[C@@H](CO)[C@H](CO)[C@H]5OC)CC[C@@]45C[C@@]35CC[C@]2(C)[C@H]1[C@@]1(C)CC[C@@H](C(C)(C)OC)O1. The zero-order valence-electron chi connectivity index (χ0n) is 33.1. The molecule has 0 bridgehead atoms. The van der Waals surface area contributed by atoms with Crippen LogP contribution in [0.15, 0.2) is 0 Å². The third-order valence-electron chi connectivity index (χ3n) is 17.6. The highest BCUT2D eigenvalue weighted by atomic mass is 16.7. The first kappa shape index (κ1) is 37.9. The van der Waals surface area contributed by atoms with Gasteiger partial charge >= 0.3 is 0 Å². The Labute approximate surface area is 302 Å². The van der Waals surface area contributed by atoms with E-state index in [1.165, 1.54) is 19.3 Å². The molecular weight excluding hydrogens is 636 g/mol. The Bertz CT molecular complexity index is 1260. The fourth-order valence-electron chi connectivity index (χ4n) is 14.8. The summed E-state index contributed by atoms with van der Waals surface area (Å²) in [5.41, 5.74) is -0.0151. The van der Waals surface area contributed by atoms with Crippen molar-refractivity contribution in [2.75, 3.05) is 48.3 Å². The topological polar surface area (TPSA) is 105 Å². The van der Waals surface area contributed by atoms with Gasteiger partial charge in [-0.3, -0.25) is 0 Å². The Kier molecular flexibility index (Phi) is 9.55. The molecule has 7 aliphatic rings. The van der Waals surface area contributed by atoms with Gasteiger partial charge in [0.1, 0.15) is 6.10 Å². The maximum absolute atomic E-state index is 10.2. The summed E-state index contributed by atoms with van der Waals surface area (Å²) in [4.78, 5) is 0. The number of aliphatic hydroxyl groups excluding tert-OH is 2. The molecule has 0 radical (unpaired) electrons. The lowest BCUT2D eigenvalue weighted by Gasteiger charge is -2.65. The molecule has 5 saturated carbocycles. The summed E-state index contributed by atoms with van der Waals surface area (Å²) in [5.74, 6) is 0.844. The van der Waals surface area contributed by atoms with Crippen LogP contribution in [0.5, 0.6) is 0 Å². The number of methoxy groups -OCH3 is 4. The molecule has 2 heterocycles. The Morgan fingerprint density at radius 1 is 0.780 bits per heavy atom. The van der Waals surface area contributed by atoms with Crippen molar-refractivity contribution in [1.82, 2.24) is 0 Å². The molecule has 9 nitrogen and oxygen atoms in total. The zero-order valence-corrected chi connectivity index (χ0v) is 33.1. The average molecular weight is 707 g/mol. The van der Waals surface area contributed by atoms with Crippen LogP contribution in [0, 0.1) is 56.7 Å². The molecule has 2 spiro atoms. The van der Waals surface area contributed by atoms with Crippen molar-refractivity contribution in [1.29, 1.82) is 0 Å². The minimum atomic E-state index is -0.576. The van der Waals surface area contributed by atoms with E-state index in [0.717, 1.165) is 38.5 Å². The van der Waals surface area contributed by atoms with Gasteiger partial charge in [0.05, 0.1) is 42.2 Å². The van der Waals surface area contributed by atoms with Crippen LogP contribution < -0.4 is 0 Å². The summed E-state index contributed by atoms with van der Waals surface area (Å²) < 4.78 is 45.2. The fraction of sp³-hybridized carbons (Fsp3) is 1.00. The van der Waals surface area contributed by atoms with E-state index in [9.17, 15) is 10.2 Å². The molecule has 1 unspecified atom stereocenters. The third-order valence-corrected chi connectivity index (χ3v) is 17.6. The van der Waals surface area contributed by atoms with Crippen LogP contribution in [-0.4, -0.2) is 106 Å². The van der Waals surface area contributed by atoms with Crippen molar-refractivity contribution in [2.45, 2.75) is 154 Å². The predicted molar refractivity (Wildman–Crippen MR) is 189 cm³/mol. The lowest BCUT2D eigenvalue weighted by atomic mass is 9.41. The molecule has 9 heteroatoms. The molecule has 0 aromatic carbocycles. The number of aliphatic hydroxyl groups is 2. The van der Waals surface area contributed by atoms with Gasteiger partial charge in [-0.1, -0.05) is 27.7 Å². The average Bonchev–Trinajstić information content (AvgIpc) is 3.44. The molecular formula is C41H70O9. The highest BCUT2D eigenvalue weighted by Crippen LogP contribution is 2.89. The standard InChI is InChI=1S/C41H70O9/c1-35(2)29(49-34-31(46-10)25(21-43)24(20-42)22-48-34)13-15-41-23-40(41)17-16-37(5)33(39(7)14-12-30(50-39)36(3,4)47-11)27(45-9)19-38(37,6)28(40)18-26(44-8)32(35)41/h24-34,42-43H,12-23H2,1-11H3/t24-,25+,26+,27+,28+,29+,30+,31-,32+,33+,34?,37-,38+,39-,40+,41-/m1/s1. The molecule has 7 rings (SSSR count). The first-order valence-corrected chi connectivity index (χ1v) is 19.8. The van der Waals surface area contributed by atoms with Crippen molar-refractivity contribution in [3.05, 3.63) is 0 Å². The van der Waals surface area contributed by atoms with E-state index < -0.39 is 12.4 Å². The Hall–Kier alpha value is -0.360. The summed E-state index contributed by atoms with van der Waals surface area (Å²) in [6.45, 7) is 17.0. The van der Waals surface area contributed by atoms with Crippen LogP contribution >= 0.6 is 0 Å². The van der Waals surface area contributed by atoms with E-state index in [1.54, 1.807) is 14.2 Å². The van der Waals surface area contributed by atoms with Crippen LogP contribution in [0.4, 0.5) is 0 Å². The minimum Gasteiger partial charge on any atom is -0.396 e. The monoisotopic (exact) mass is 707 g/mol. The summed E-state index contributed by atoms with van der Waals surface area (Å²) >= 11 is 0. The van der Waals surface area contributed by atoms with E-state index in [4.69, 9.17) is 33.2 Å². The minimum absolute atomic E-state index is 0.0282. The van der Waals surface area contributed by atoms with E-state index in [0.29, 0.717) is 29.8 Å². The van der Waals surface area contributed by atoms with E-state index in [-0.39, 0.29) is 82.3 Å². The van der Waals surface area contributed by atoms with Gasteiger partial charge in [0, 0.05) is 59.4 Å². The van der Waals surface area contributed by atoms with Crippen molar-refractivity contribution in [3.63, 3.8) is 0 Å². The largest absolute Gasteiger partial charge is 0.396 e. The molecule has 7 fully saturated rings. The van der Waals surface area contributed by atoms with Gasteiger partial charge < -0.3 is 43.4 Å². The van der Waals surface area contributed by atoms with Crippen LogP contribution in [-0.2, 0) is 33.2 Å². The zero-order chi connectivity index (χ0) is 36.3. The van der Waals surface area contributed by atoms with E-state index in [2.05, 4.69) is 48.5 Å². The molecule has 0 aromatic heterocycles. The van der Waals surface area contributed by atoms with E-state index in [1.807, 2.05) is 14.2 Å². The number of ether oxygens (including phenoxy) is 7. The number of fused-ring (bicyclic) bond motifs is 2. The Morgan fingerprint density at radius 2 is 1.50 bits per heavy atom. The van der Waals surface area contributed by atoms with Crippen molar-refractivity contribution in [3.8, 4) is 0 Å². The maximum atomic E-state index is 10.2. The Morgan fingerprint density at radius 3 is 2.12 bits per heavy atom. The normalized spacial score (nSPS) is 54.1. The molecule has 16 atom stereocenters. The summed E-state index contributed by atoms with van der Waals surface area (Å²) in [6.07, 6.45) is 9.35. The summed E-state index contributed by atoms with van der Waals surface area (Å²) in [5, 5.41) is 20.2. The van der Waals surface area contributed by atoms with Crippen molar-refractivity contribution in [2.24, 2.45) is 56.7 Å². The third kappa shape index (κ3) is 4.95. The molecule has 50 heavy (non-hydrogen) atoms. The van der Waals surface area contributed by atoms with Crippen molar-refractivity contribution >= 4 is 0 Å². The summed E-state index contributed by atoms with van der Waals surface area (Å²) in [7, 11) is 7.33. The second-order valence-corrected chi connectivity index (χ2v) is 19.8. The molecule has 5 aliphatic carbocycles. The van der Waals surface area contributed by atoms with Gasteiger partial charge in [-0.15, -0.1) is 0 Å². The van der Waals surface area contributed by atoms with Gasteiger partial charge in [0.15, 0.2) is 6.29 Å². The van der Waals surface area contributed by atoms with E-state index >= 15 is 0 Å². The van der Waals surface area contributed by atoms with Crippen molar-refractivity contribution < 1.29 is 43.4 Å². The highest BCUT2D eigenvalue weighted by molar-refractivity contribution is 5.33. The lowest BCUT2D eigenvalue weighted by Crippen LogP contribution is -2.63. The molecule has 2 N–H and O–H groups in total. The quantitative estimate of drug-likeness (QED) is 0.264. The smallest absolute Gasteiger partial charge is 0.184 e. The Balaban J connectivity index is 1.17. The van der Waals surface area contributed by atoms with Gasteiger partial charge in [-0.2, -0.15) is 0 Å². The van der Waals surface area contributed by atoms with Gasteiger partial charge in [0.25, 0.3) is 0 Å².